The third-order valence-corrected chi connectivity index (χ3v) is 4.83. The Bertz CT molecular complexity index is 909. The van der Waals surface area contributed by atoms with Crippen LogP contribution in [0.15, 0.2) is 60.7 Å². The third-order valence-electron chi connectivity index (χ3n) is 4.83. The standard InChI is InChI=1S/C26H34N2O5/c1-5-12-22(20-15-10-7-11-16-20)28(25(31)33-26(2,3)4)24(30)21(27)17-23(29)32-18-19-13-8-6-9-14-19/h6-11,13-16,21-22H,5,12,17-18,27H2,1-4H3/t21-,22?/m0/s1. The van der Waals surface area contributed by atoms with Crippen LogP contribution in [-0.2, 0) is 25.7 Å². The number of imide groups is 1. The van der Waals surface area contributed by atoms with E-state index in [1.165, 1.54) is 0 Å². The molecule has 0 heterocycles. The summed E-state index contributed by atoms with van der Waals surface area (Å²) >= 11 is 0. The fraction of sp³-hybridized carbons (Fsp3) is 0.423. The second-order valence-corrected chi connectivity index (χ2v) is 8.86. The Morgan fingerprint density at radius 1 is 0.970 bits per heavy atom. The maximum atomic E-state index is 13.4. The second kappa shape index (κ2) is 12.2. The summed E-state index contributed by atoms with van der Waals surface area (Å²) in [7, 11) is 0. The zero-order valence-electron chi connectivity index (χ0n) is 19.8. The summed E-state index contributed by atoms with van der Waals surface area (Å²) in [6.07, 6.45) is 0.113. The monoisotopic (exact) mass is 454 g/mol. The van der Waals surface area contributed by atoms with E-state index in [1.54, 1.807) is 20.8 Å². The van der Waals surface area contributed by atoms with Gasteiger partial charge in [0.15, 0.2) is 0 Å². The zero-order valence-corrected chi connectivity index (χ0v) is 19.8. The Morgan fingerprint density at radius 3 is 2.09 bits per heavy atom. The van der Waals surface area contributed by atoms with Gasteiger partial charge in [-0.1, -0.05) is 74.0 Å². The lowest BCUT2D eigenvalue weighted by Crippen LogP contribution is -2.50. The molecular formula is C26H34N2O5. The number of nitrogens with zero attached hydrogens (tertiary/aromatic N) is 1. The minimum absolute atomic E-state index is 0.0822. The van der Waals surface area contributed by atoms with Crippen LogP contribution in [0.4, 0.5) is 4.79 Å². The summed E-state index contributed by atoms with van der Waals surface area (Å²) in [5, 5.41) is 0. The zero-order chi connectivity index (χ0) is 24.4. The average molecular weight is 455 g/mol. The van der Waals surface area contributed by atoms with Crippen LogP contribution in [-0.4, -0.2) is 34.5 Å². The first-order valence-corrected chi connectivity index (χ1v) is 11.2. The lowest BCUT2D eigenvalue weighted by Gasteiger charge is -2.33. The Labute approximate surface area is 195 Å². The number of hydrogen-bond acceptors (Lipinski definition) is 6. The van der Waals surface area contributed by atoms with Crippen molar-refractivity contribution in [2.45, 2.75) is 71.2 Å². The van der Waals surface area contributed by atoms with E-state index in [9.17, 15) is 14.4 Å². The maximum absolute atomic E-state index is 13.4. The molecule has 0 radical (unpaired) electrons. The SMILES string of the molecule is CCCC(c1ccccc1)N(C(=O)OC(C)(C)C)C(=O)[C@@H](N)CC(=O)OCc1ccccc1. The van der Waals surface area contributed by atoms with Crippen molar-refractivity contribution in [2.75, 3.05) is 0 Å². The van der Waals surface area contributed by atoms with Crippen LogP contribution in [0.25, 0.3) is 0 Å². The molecule has 1 unspecified atom stereocenters. The molecule has 2 amide bonds. The summed E-state index contributed by atoms with van der Waals surface area (Å²) in [4.78, 5) is 39.8. The average Bonchev–Trinajstić information content (AvgIpc) is 2.77. The highest BCUT2D eigenvalue weighted by Gasteiger charge is 2.37. The molecule has 0 aliphatic carbocycles. The summed E-state index contributed by atoms with van der Waals surface area (Å²) in [6, 6.07) is 16.7. The highest BCUT2D eigenvalue weighted by Crippen LogP contribution is 2.28. The molecule has 0 fully saturated rings. The summed E-state index contributed by atoms with van der Waals surface area (Å²) in [5.74, 6) is -1.29. The van der Waals surface area contributed by atoms with Crippen molar-refractivity contribution >= 4 is 18.0 Å². The number of ether oxygens (including phenoxy) is 2. The van der Waals surface area contributed by atoms with Crippen LogP contribution in [0, 0.1) is 0 Å². The first kappa shape index (κ1) is 26.1. The van der Waals surface area contributed by atoms with Gasteiger partial charge < -0.3 is 15.2 Å². The number of esters is 1. The Balaban J connectivity index is 2.20. The molecule has 2 atom stereocenters. The first-order chi connectivity index (χ1) is 15.6. The molecule has 0 bridgehead atoms. The molecule has 0 spiro atoms. The largest absolute Gasteiger partial charge is 0.461 e. The summed E-state index contributed by atoms with van der Waals surface area (Å²) in [6.45, 7) is 7.23. The van der Waals surface area contributed by atoms with E-state index in [1.807, 2.05) is 67.6 Å². The van der Waals surface area contributed by atoms with Gasteiger partial charge >= 0.3 is 12.1 Å². The van der Waals surface area contributed by atoms with Gasteiger partial charge in [0.2, 0.25) is 5.91 Å². The van der Waals surface area contributed by atoms with Crippen molar-refractivity contribution in [3.63, 3.8) is 0 Å². The molecule has 2 aromatic carbocycles. The fourth-order valence-corrected chi connectivity index (χ4v) is 3.32. The number of benzene rings is 2. The van der Waals surface area contributed by atoms with Crippen molar-refractivity contribution in [1.29, 1.82) is 0 Å². The maximum Gasteiger partial charge on any atom is 0.417 e. The van der Waals surface area contributed by atoms with E-state index in [0.717, 1.165) is 22.4 Å². The number of nitrogens with two attached hydrogens (primary N) is 1. The van der Waals surface area contributed by atoms with Crippen LogP contribution in [0.1, 0.15) is 64.1 Å². The Kier molecular flexibility index (Phi) is 9.60. The Hall–Kier alpha value is -3.19. The van der Waals surface area contributed by atoms with Gasteiger partial charge in [0.1, 0.15) is 12.2 Å². The minimum Gasteiger partial charge on any atom is -0.461 e. The second-order valence-electron chi connectivity index (χ2n) is 8.86. The molecule has 0 aliphatic heterocycles. The lowest BCUT2D eigenvalue weighted by molar-refractivity contribution is -0.148. The number of rotatable bonds is 9. The van der Waals surface area contributed by atoms with Gasteiger partial charge in [0.05, 0.1) is 18.5 Å². The number of carbonyl (C=O) groups excluding carboxylic acids is 3. The third kappa shape index (κ3) is 8.35. The molecule has 7 nitrogen and oxygen atoms in total. The van der Waals surface area contributed by atoms with E-state index in [4.69, 9.17) is 15.2 Å². The van der Waals surface area contributed by atoms with Gasteiger partial charge in [-0.15, -0.1) is 0 Å². The molecule has 0 saturated carbocycles. The quantitative estimate of drug-likeness (QED) is 0.549. The molecule has 2 aromatic rings. The van der Waals surface area contributed by atoms with Gasteiger partial charge in [0, 0.05) is 0 Å². The molecule has 33 heavy (non-hydrogen) atoms. The van der Waals surface area contributed by atoms with E-state index in [2.05, 4.69) is 0 Å². The topological polar surface area (TPSA) is 98.9 Å². The molecular weight excluding hydrogens is 420 g/mol. The van der Waals surface area contributed by atoms with E-state index >= 15 is 0 Å². The van der Waals surface area contributed by atoms with Gasteiger partial charge in [-0.25, -0.2) is 9.69 Å². The van der Waals surface area contributed by atoms with E-state index < -0.39 is 35.7 Å². The molecule has 178 valence electrons. The van der Waals surface area contributed by atoms with Gasteiger partial charge in [-0.3, -0.25) is 9.59 Å². The highest BCUT2D eigenvalue weighted by molar-refractivity contribution is 5.97. The van der Waals surface area contributed by atoms with Gasteiger partial charge in [-0.05, 0) is 38.3 Å². The molecule has 0 aliphatic rings. The highest BCUT2D eigenvalue weighted by atomic mass is 16.6. The fourth-order valence-electron chi connectivity index (χ4n) is 3.32. The Morgan fingerprint density at radius 2 is 1.55 bits per heavy atom. The van der Waals surface area contributed by atoms with Crippen LogP contribution < -0.4 is 5.73 Å². The summed E-state index contributed by atoms with van der Waals surface area (Å²) < 4.78 is 10.8. The van der Waals surface area contributed by atoms with Crippen molar-refractivity contribution in [1.82, 2.24) is 4.90 Å². The molecule has 7 heteroatoms. The normalized spacial score (nSPS) is 13.0. The van der Waals surface area contributed by atoms with Crippen molar-refractivity contribution in [3.05, 3.63) is 71.8 Å². The van der Waals surface area contributed by atoms with Gasteiger partial charge in [0.25, 0.3) is 0 Å². The number of carbonyl (C=O) groups is 3. The smallest absolute Gasteiger partial charge is 0.417 e. The first-order valence-electron chi connectivity index (χ1n) is 11.2. The minimum atomic E-state index is -1.25. The van der Waals surface area contributed by atoms with Crippen molar-refractivity contribution in [2.24, 2.45) is 5.73 Å². The van der Waals surface area contributed by atoms with Crippen molar-refractivity contribution < 1.29 is 23.9 Å². The molecule has 0 aromatic heterocycles. The number of hydrogen-bond donors (Lipinski definition) is 1. The lowest BCUT2D eigenvalue weighted by atomic mass is 9.99. The predicted octanol–water partition coefficient (Wildman–Crippen LogP) is 4.75. The molecule has 0 saturated heterocycles. The predicted molar refractivity (Wildman–Crippen MR) is 126 cm³/mol. The van der Waals surface area contributed by atoms with Crippen LogP contribution >= 0.6 is 0 Å². The number of amides is 2. The summed E-state index contributed by atoms with van der Waals surface area (Å²) in [5.41, 5.74) is 6.91. The van der Waals surface area contributed by atoms with E-state index in [0.29, 0.717) is 6.42 Å². The molecule has 2 rings (SSSR count). The van der Waals surface area contributed by atoms with Crippen LogP contribution in [0.5, 0.6) is 0 Å². The van der Waals surface area contributed by atoms with Crippen LogP contribution in [0.2, 0.25) is 0 Å². The molecule has 2 N–H and O–H groups in total. The van der Waals surface area contributed by atoms with E-state index in [-0.39, 0.29) is 13.0 Å². The van der Waals surface area contributed by atoms with Crippen LogP contribution in [0.3, 0.4) is 0 Å². The van der Waals surface area contributed by atoms with Gasteiger partial charge in [-0.2, -0.15) is 0 Å². The van der Waals surface area contributed by atoms with Crippen molar-refractivity contribution in [3.8, 4) is 0 Å².